The number of halogens is 2. The topological polar surface area (TPSA) is 25.2 Å². The van der Waals surface area contributed by atoms with Crippen LogP contribution >= 0.6 is 0 Å². The van der Waals surface area contributed by atoms with Gasteiger partial charge in [-0.05, 0) is 67.6 Å². The van der Waals surface area contributed by atoms with E-state index in [2.05, 4.69) is 11.1 Å². The molecule has 1 aliphatic rings. The quantitative estimate of drug-likeness (QED) is 0.784. The standard InChI is InChI=1S/C18H16F2N2/c19-14-8-6-13(7-9-14)16-4-2-1-3-5-18(22-16)17-11-10-15(20)12-21-17/h4,6-12H,1-3,5H2/b16-4-,22-18?. The molecule has 0 spiro atoms. The molecule has 1 aromatic heterocycles. The van der Waals surface area contributed by atoms with E-state index in [1.807, 2.05) is 0 Å². The van der Waals surface area contributed by atoms with Crippen LogP contribution in [0, 0.1) is 11.6 Å². The molecule has 112 valence electrons. The summed E-state index contributed by atoms with van der Waals surface area (Å²) in [6, 6.07) is 9.35. The molecule has 4 heteroatoms. The van der Waals surface area contributed by atoms with E-state index in [9.17, 15) is 8.78 Å². The highest BCUT2D eigenvalue weighted by atomic mass is 19.1. The van der Waals surface area contributed by atoms with Crippen LogP contribution < -0.4 is 0 Å². The fraction of sp³-hybridized carbons (Fsp3) is 0.222. The van der Waals surface area contributed by atoms with Crippen LogP contribution in [0.4, 0.5) is 8.78 Å². The van der Waals surface area contributed by atoms with Crippen molar-refractivity contribution in [2.75, 3.05) is 0 Å². The summed E-state index contributed by atoms with van der Waals surface area (Å²) < 4.78 is 26.1. The highest BCUT2D eigenvalue weighted by molar-refractivity contribution is 6.02. The highest BCUT2D eigenvalue weighted by Gasteiger charge is 2.11. The molecule has 0 aliphatic carbocycles. The third-order valence-electron chi connectivity index (χ3n) is 3.62. The summed E-state index contributed by atoms with van der Waals surface area (Å²) >= 11 is 0. The Morgan fingerprint density at radius 2 is 1.64 bits per heavy atom. The van der Waals surface area contributed by atoms with Gasteiger partial charge in [0.2, 0.25) is 0 Å². The van der Waals surface area contributed by atoms with E-state index in [0.717, 1.165) is 42.7 Å². The largest absolute Gasteiger partial charge is 0.252 e. The molecule has 1 aliphatic heterocycles. The van der Waals surface area contributed by atoms with Gasteiger partial charge in [-0.25, -0.2) is 8.78 Å². The second kappa shape index (κ2) is 6.60. The Kier molecular flexibility index (Phi) is 4.37. The molecule has 0 saturated heterocycles. The third kappa shape index (κ3) is 3.45. The van der Waals surface area contributed by atoms with Crippen LogP contribution in [0.15, 0.2) is 53.7 Å². The molecule has 0 fully saturated rings. The maximum atomic E-state index is 13.1. The van der Waals surface area contributed by atoms with E-state index in [1.165, 1.54) is 24.4 Å². The van der Waals surface area contributed by atoms with Gasteiger partial charge in [0.25, 0.3) is 0 Å². The molecule has 0 radical (unpaired) electrons. The zero-order chi connectivity index (χ0) is 15.4. The zero-order valence-electron chi connectivity index (χ0n) is 12.1. The number of allylic oxidation sites excluding steroid dienone is 1. The monoisotopic (exact) mass is 298 g/mol. The van der Waals surface area contributed by atoms with E-state index in [0.29, 0.717) is 5.69 Å². The molecule has 2 aromatic rings. The van der Waals surface area contributed by atoms with Gasteiger partial charge in [-0.2, -0.15) is 0 Å². The Hall–Kier alpha value is -2.36. The van der Waals surface area contributed by atoms with Crippen molar-refractivity contribution in [3.8, 4) is 0 Å². The van der Waals surface area contributed by atoms with Crippen LogP contribution in [0.25, 0.3) is 5.70 Å². The normalized spacial score (nSPS) is 17.9. The second-order valence-corrected chi connectivity index (χ2v) is 5.26. The lowest BCUT2D eigenvalue weighted by Gasteiger charge is -2.12. The fourth-order valence-corrected chi connectivity index (χ4v) is 2.46. The van der Waals surface area contributed by atoms with Crippen molar-refractivity contribution in [2.24, 2.45) is 4.99 Å². The predicted octanol–water partition coefficient (Wildman–Crippen LogP) is 4.76. The maximum absolute atomic E-state index is 13.1. The van der Waals surface area contributed by atoms with Gasteiger partial charge in [0.05, 0.1) is 23.3 Å². The Morgan fingerprint density at radius 3 is 2.36 bits per heavy atom. The van der Waals surface area contributed by atoms with Crippen molar-refractivity contribution in [1.82, 2.24) is 4.98 Å². The first-order valence-electron chi connectivity index (χ1n) is 7.38. The number of rotatable bonds is 2. The van der Waals surface area contributed by atoms with Crippen LogP contribution in [0.1, 0.15) is 36.9 Å². The molecule has 0 bridgehead atoms. The molecule has 0 saturated carbocycles. The number of aliphatic imine (C=N–C) groups is 1. The van der Waals surface area contributed by atoms with E-state index in [4.69, 9.17) is 4.99 Å². The van der Waals surface area contributed by atoms with Crippen LogP contribution in [0.5, 0.6) is 0 Å². The number of hydrogen-bond acceptors (Lipinski definition) is 2. The molecule has 3 rings (SSSR count). The lowest BCUT2D eigenvalue weighted by molar-refractivity contribution is 0.621. The zero-order valence-corrected chi connectivity index (χ0v) is 12.1. The second-order valence-electron chi connectivity index (χ2n) is 5.26. The molecule has 0 amide bonds. The summed E-state index contributed by atoms with van der Waals surface area (Å²) in [4.78, 5) is 8.83. The van der Waals surface area contributed by atoms with E-state index < -0.39 is 0 Å². The van der Waals surface area contributed by atoms with Gasteiger partial charge in [0.1, 0.15) is 11.6 Å². The molecule has 0 N–H and O–H groups in total. The summed E-state index contributed by atoms with van der Waals surface area (Å²) in [5.74, 6) is -0.621. The van der Waals surface area contributed by atoms with E-state index in [1.54, 1.807) is 18.2 Å². The van der Waals surface area contributed by atoms with Crippen molar-refractivity contribution in [1.29, 1.82) is 0 Å². The number of benzene rings is 1. The minimum Gasteiger partial charge on any atom is -0.252 e. The van der Waals surface area contributed by atoms with Gasteiger partial charge in [0.15, 0.2) is 0 Å². The summed E-state index contributed by atoms with van der Waals surface area (Å²) in [6.45, 7) is 0. The molecule has 2 heterocycles. The summed E-state index contributed by atoms with van der Waals surface area (Å²) in [7, 11) is 0. The first-order chi connectivity index (χ1) is 10.7. The minimum absolute atomic E-state index is 0.264. The summed E-state index contributed by atoms with van der Waals surface area (Å²) in [5.41, 5.74) is 3.23. The predicted molar refractivity (Wildman–Crippen MR) is 83.6 cm³/mol. The van der Waals surface area contributed by atoms with Gasteiger partial charge in [-0.3, -0.25) is 9.98 Å². The number of hydrogen-bond donors (Lipinski definition) is 0. The fourth-order valence-electron chi connectivity index (χ4n) is 2.46. The minimum atomic E-state index is -0.357. The molecular formula is C18H16F2N2. The van der Waals surface area contributed by atoms with Gasteiger partial charge in [-0.1, -0.05) is 6.08 Å². The highest BCUT2D eigenvalue weighted by Crippen LogP contribution is 2.23. The Bertz CT molecular complexity index is 701. The smallest absolute Gasteiger partial charge is 0.141 e. The molecule has 1 aromatic carbocycles. The van der Waals surface area contributed by atoms with Crippen molar-refractivity contribution in [3.05, 3.63) is 71.6 Å². The average molecular weight is 298 g/mol. The molecule has 22 heavy (non-hydrogen) atoms. The molecule has 0 atom stereocenters. The van der Waals surface area contributed by atoms with Gasteiger partial charge in [-0.15, -0.1) is 0 Å². The van der Waals surface area contributed by atoms with Crippen molar-refractivity contribution >= 4 is 11.4 Å². The Morgan fingerprint density at radius 1 is 0.864 bits per heavy atom. The van der Waals surface area contributed by atoms with Gasteiger partial charge in [0, 0.05) is 0 Å². The Labute approximate surface area is 128 Å². The van der Waals surface area contributed by atoms with E-state index >= 15 is 0 Å². The Balaban J connectivity index is 1.98. The average Bonchev–Trinajstić information content (AvgIpc) is 2.50. The van der Waals surface area contributed by atoms with Crippen LogP contribution in [-0.4, -0.2) is 10.7 Å². The van der Waals surface area contributed by atoms with Crippen LogP contribution in [-0.2, 0) is 0 Å². The lowest BCUT2D eigenvalue weighted by atomic mass is 10.0. The first kappa shape index (κ1) is 14.6. The van der Waals surface area contributed by atoms with Crippen LogP contribution in [0.3, 0.4) is 0 Å². The van der Waals surface area contributed by atoms with Gasteiger partial charge < -0.3 is 0 Å². The van der Waals surface area contributed by atoms with Crippen molar-refractivity contribution in [2.45, 2.75) is 25.7 Å². The molecule has 2 nitrogen and oxygen atoms in total. The summed E-state index contributed by atoms with van der Waals surface area (Å²) in [6.07, 6.45) is 7.10. The first-order valence-corrected chi connectivity index (χ1v) is 7.38. The summed E-state index contributed by atoms with van der Waals surface area (Å²) in [5, 5.41) is 0. The number of nitrogens with zero attached hydrogens (tertiary/aromatic N) is 2. The van der Waals surface area contributed by atoms with Crippen LogP contribution in [0.2, 0.25) is 0 Å². The number of pyridine rings is 1. The third-order valence-corrected chi connectivity index (χ3v) is 3.62. The van der Waals surface area contributed by atoms with Gasteiger partial charge >= 0.3 is 0 Å². The lowest BCUT2D eigenvalue weighted by Crippen LogP contribution is -2.06. The maximum Gasteiger partial charge on any atom is 0.141 e. The molecular weight excluding hydrogens is 282 g/mol. The molecule has 0 unspecified atom stereocenters. The van der Waals surface area contributed by atoms with Crippen molar-refractivity contribution < 1.29 is 8.78 Å². The SMILES string of the molecule is Fc1ccc(/C2=C/CCCCC(c3ccc(F)cn3)=N2)cc1. The number of aromatic nitrogens is 1. The van der Waals surface area contributed by atoms with Crippen molar-refractivity contribution in [3.63, 3.8) is 0 Å². The van der Waals surface area contributed by atoms with E-state index in [-0.39, 0.29) is 11.6 Å².